The van der Waals surface area contributed by atoms with Gasteiger partial charge in [-0.15, -0.1) is 0 Å². The van der Waals surface area contributed by atoms with Crippen LogP contribution in [0.5, 0.6) is 0 Å². The lowest BCUT2D eigenvalue weighted by Crippen LogP contribution is -2.35. The molecule has 2 heteroatoms. The summed E-state index contributed by atoms with van der Waals surface area (Å²) >= 11 is 0. The first kappa shape index (κ1) is 10.4. The lowest BCUT2D eigenvalue weighted by molar-refractivity contribution is -0.125. The van der Waals surface area contributed by atoms with Gasteiger partial charge in [-0.1, -0.05) is 0 Å². The molecule has 1 N–H and O–H groups in total. The molecule has 0 aromatic carbocycles. The average Bonchev–Trinajstić information content (AvgIpc) is 3.18. The number of hydrogen-bond acceptors (Lipinski definition) is 1. The third kappa shape index (κ3) is 2.11. The van der Waals surface area contributed by atoms with Crippen LogP contribution in [0.3, 0.4) is 0 Å². The summed E-state index contributed by atoms with van der Waals surface area (Å²) in [6, 6.07) is 0. The fraction of sp³-hybridized carbons (Fsp3) is 0.933. The summed E-state index contributed by atoms with van der Waals surface area (Å²) in [5.74, 6) is 5.34. The van der Waals surface area contributed by atoms with Crippen LogP contribution < -0.4 is 5.32 Å². The van der Waals surface area contributed by atoms with Gasteiger partial charge in [0, 0.05) is 12.5 Å². The maximum Gasteiger partial charge on any atom is 0.223 e. The molecule has 4 aliphatic rings. The first-order valence-corrected chi connectivity index (χ1v) is 7.59. The normalized spacial score (nSPS) is 39.2. The molecule has 2 nitrogen and oxygen atoms in total. The second-order valence-electron chi connectivity index (χ2n) is 7.01. The second kappa shape index (κ2) is 3.73. The van der Waals surface area contributed by atoms with Crippen LogP contribution in [0.2, 0.25) is 0 Å². The zero-order valence-electron chi connectivity index (χ0n) is 10.5. The number of carbonyl (C=O) groups is 1. The topological polar surface area (TPSA) is 29.1 Å². The molecule has 4 aliphatic carbocycles. The highest BCUT2D eigenvalue weighted by Gasteiger charge is 2.48. The Hall–Kier alpha value is -0.530. The number of amides is 1. The van der Waals surface area contributed by atoms with Gasteiger partial charge in [-0.05, 0) is 74.5 Å². The van der Waals surface area contributed by atoms with Crippen LogP contribution in [0.4, 0.5) is 0 Å². The summed E-state index contributed by atoms with van der Waals surface area (Å²) in [5, 5.41) is 3.27. The Morgan fingerprint density at radius 1 is 1.00 bits per heavy atom. The molecular weight excluding hydrogens is 210 g/mol. The molecule has 0 aromatic rings. The van der Waals surface area contributed by atoms with Crippen LogP contribution in [0.1, 0.15) is 44.9 Å². The molecule has 17 heavy (non-hydrogen) atoms. The van der Waals surface area contributed by atoms with Crippen molar-refractivity contribution < 1.29 is 4.79 Å². The Balaban J connectivity index is 1.27. The minimum absolute atomic E-state index is 0.373. The number of rotatable bonds is 5. The molecular formula is C15H23NO. The van der Waals surface area contributed by atoms with Crippen LogP contribution in [0.25, 0.3) is 0 Å². The third-order valence-corrected chi connectivity index (χ3v) is 5.58. The van der Waals surface area contributed by atoms with Crippen molar-refractivity contribution in [2.24, 2.45) is 35.5 Å². The van der Waals surface area contributed by atoms with E-state index in [1.54, 1.807) is 0 Å². The lowest BCUT2D eigenvalue weighted by atomic mass is 9.97. The smallest absolute Gasteiger partial charge is 0.223 e. The number of carbonyl (C=O) groups excluding carboxylic acids is 1. The van der Waals surface area contributed by atoms with Gasteiger partial charge in [-0.25, -0.2) is 0 Å². The van der Waals surface area contributed by atoms with Crippen molar-refractivity contribution in [1.82, 2.24) is 5.32 Å². The Kier molecular flexibility index (Phi) is 2.28. The van der Waals surface area contributed by atoms with Gasteiger partial charge >= 0.3 is 0 Å². The molecule has 4 rings (SSSR count). The van der Waals surface area contributed by atoms with E-state index in [1.807, 2.05) is 0 Å². The van der Waals surface area contributed by atoms with Crippen molar-refractivity contribution >= 4 is 5.91 Å². The van der Waals surface area contributed by atoms with Crippen molar-refractivity contribution in [3.8, 4) is 0 Å². The summed E-state index contributed by atoms with van der Waals surface area (Å²) < 4.78 is 0. The largest absolute Gasteiger partial charge is 0.356 e. The predicted molar refractivity (Wildman–Crippen MR) is 66.3 cm³/mol. The van der Waals surface area contributed by atoms with E-state index >= 15 is 0 Å². The summed E-state index contributed by atoms with van der Waals surface area (Å²) in [5.41, 5.74) is 0. The molecule has 2 unspecified atom stereocenters. The molecule has 0 spiro atoms. The van der Waals surface area contributed by atoms with Crippen molar-refractivity contribution in [1.29, 1.82) is 0 Å². The van der Waals surface area contributed by atoms with Gasteiger partial charge in [0.2, 0.25) is 5.91 Å². The Morgan fingerprint density at radius 2 is 1.59 bits per heavy atom. The van der Waals surface area contributed by atoms with Crippen LogP contribution >= 0.6 is 0 Å². The molecule has 1 amide bonds. The van der Waals surface area contributed by atoms with Crippen LogP contribution in [-0.4, -0.2) is 12.5 Å². The van der Waals surface area contributed by atoms with Gasteiger partial charge in [0.05, 0.1) is 0 Å². The highest BCUT2D eigenvalue weighted by Crippen LogP contribution is 2.54. The van der Waals surface area contributed by atoms with Crippen molar-refractivity contribution in [3.05, 3.63) is 0 Å². The molecule has 0 bridgehead atoms. The SMILES string of the molecule is O=C(NCC(C1CC1)C1CC1)C1CC2CC2C1. The van der Waals surface area contributed by atoms with Crippen LogP contribution in [0.15, 0.2) is 0 Å². The van der Waals surface area contributed by atoms with Crippen LogP contribution in [0, 0.1) is 35.5 Å². The number of fused-ring (bicyclic) bond motifs is 1. The zero-order chi connectivity index (χ0) is 11.4. The highest BCUT2D eigenvalue weighted by atomic mass is 16.1. The van der Waals surface area contributed by atoms with Gasteiger partial charge in [-0.3, -0.25) is 4.79 Å². The minimum Gasteiger partial charge on any atom is -0.356 e. The van der Waals surface area contributed by atoms with Gasteiger partial charge in [0.1, 0.15) is 0 Å². The molecule has 4 fully saturated rings. The maximum atomic E-state index is 12.1. The van der Waals surface area contributed by atoms with Crippen molar-refractivity contribution in [3.63, 3.8) is 0 Å². The molecule has 2 atom stereocenters. The molecule has 0 radical (unpaired) electrons. The summed E-state index contributed by atoms with van der Waals surface area (Å²) in [4.78, 5) is 12.1. The second-order valence-corrected chi connectivity index (χ2v) is 7.01. The predicted octanol–water partition coefficient (Wildman–Crippen LogP) is 2.58. The fourth-order valence-electron chi connectivity index (χ4n) is 4.06. The zero-order valence-corrected chi connectivity index (χ0v) is 10.5. The van der Waals surface area contributed by atoms with Crippen molar-refractivity contribution in [2.45, 2.75) is 44.9 Å². The first-order valence-electron chi connectivity index (χ1n) is 7.59. The third-order valence-electron chi connectivity index (χ3n) is 5.58. The Morgan fingerprint density at radius 3 is 2.12 bits per heavy atom. The van der Waals surface area contributed by atoms with E-state index in [2.05, 4.69) is 5.32 Å². The lowest BCUT2D eigenvalue weighted by Gasteiger charge is -2.18. The standard InChI is InChI=1S/C15H23NO/c17-15(13-6-11-5-12(11)7-13)16-8-14(9-1-2-9)10-3-4-10/h9-14H,1-8H2,(H,16,17). The molecule has 0 heterocycles. The molecule has 0 saturated heterocycles. The molecule has 94 valence electrons. The first-order chi connectivity index (χ1) is 8.31. The van der Waals surface area contributed by atoms with E-state index < -0.39 is 0 Å². The van der Waals surface area contributed by atoms with Gasteiger partial charge in [0.25, 0.3) is 0 Å². The van der Waals surface area contributed by atoms with Gasteiger partial charge < -0.3 is 5.32 Å². The number of hydrogen-bond donors (Lipinski definition) is 1. The Labute approximate surface area is 104 Å². The summed E-state index contributed by atoms with van der Waals surface area (Å²) in [6.45, 7) is 0.986. The number of nitrogens with one attached hydrogen (secondary N) is 1. The van der Waals surface area contributed by atoms with Crippen LogP contribution in [-0.2, 0) is 4.79 Å². The van der Waals surface area contributed by atoms with E-state index in [0.29, 0.717) is 11.8 Å². The van der Waals surface area contributed by atoms with E-state index in [-0.39, 0.29) is 0 Å². The average molecular weight is 233 g/mol. The summed E-state index contributed by atoms with van der Waals surface area (Å²) in [7, 11) is 0. The van der Waals surface area contributed by atoms with Crippen molar-refractivity contribution in [2.75, 3.05) is 6.54 Å². The molecule has 0 aliphatic heterocycles. The minimum atomic E-state index is 0.373. The Bertz CT molecular complexity index is 310. The maximum absolute atomic E-state index is 12.1. The van der Waals surface area contributed by atoms with Gasteiger partial charge in [0.15, 0.2) is 0 Å². The highest BCUT2D eigenvalue weighted by molar-refractivity contribution is 5.79. The summed E-state index contributed by atoms with van der Waals surface area (Å²) in [6.07, 6.45) is 9.48. The van der Waals surface area contributed by atoms with E-state index in [4.69, 9.17) is 0 Å². The van der Waals surface area contributed by atoms with Gasteiger partial charge in [-0.2, -0.15) is 0 Å². The van der Waals surface area contributed by atoms with E-state index in [1.165, 1.54) is 44.9 Å². The quantitative estimate of drug-likeness (QED) is 0.777. The fourth-order valence-corrected chi connectivity index (χ4v) is 4.06. The molecule has 4 saturated carbocycles. The molecule has 0 aromatic heterocycles. The monoisotopic (exact) mass is 233 g/mol. The van der Waals surface area contributed by atoms with E-state index in [9.17, 15) is 4.79 Å². The van der Waals surface area contributed by atoms with E-state index in [0.717, 1.165) is 36.1 Å².